The molecule has 1 heterocycles. The first-order valence-corrected chi connectivity index (χ1v) is 28.5. The third-order valence-electron chi connectivity index (χ3n) is 14.9. The first kappa shape index (κ1) is 70.8. The number of carbonyl (C=O) groups excluding carboxylic acids is 8. The fourth-order valence-corrected chi connectivity index (χ4v) is 10.1. The second-order valence-electron chi connectivity index (χ2n) is 21.9. The Kier molecular flexibility index (Phi) is 32.7. The molecule has 2 rings (SSSR count). The number of hydrogen-bond acceptors (Lipinski definition) is 16. The maximum Gasteiger partial charge on any atom is 0.328 e. The normalized spacial score (nSPS) is 17.7. The number of ether oxygens (including phenoxy) is 6. The van der Waals surface area contributed by atoms with Crippen molar-refractivity contribution in [3.63, 3.8) is 0 Å². The Hall–Kier alpha value is -5.26. The predicted octanol–water partition coefficient (Wildman–Crippen LogP) is 3.39. The summed E-state index contributed by atoms with van der Waals surface area (Å²) in [6.45, 7) is 16.8. The van der Waals surface area contributed by atoms with Crippen molar-refractivity contribution in [2.45, 2.75) is 187 Å². The molecule has 3 unspecified atom stereocenters. The number of aliphatic hydroxyl groups is 1. The van der Waals surface area contributed by atoms with Gasteiger partial charge in [0.05, 0.1) is 62.0 Å². The Morgan fingerprint density at radius 1 is 0.775 bits per heavy atom. The van der Waals surface area contributed by atoms with Crippen LogP contribution >= 0.6 is 0 Å². The molecule has 456 valence electrons. The summed E-state index contributed by atoms with van der Waals surface area (Å²) in [6.07, 6.45) is 0.111. The maximum atomic E-state index is 14.5. The molecular weight excluding hydrogens is 1030 g/mol. The number of likely N-dealkylation sites (N-methyl/N-ethyl adjacent to an activating group) is 2. The lowest BCUT2D eigenvalue weighted by Gasteiger charge is -2.41. The molecule has 1 fully saturated rings. The standard InChI is InChI=1S/C58H99N7O15/c1-16-38(7)52(64(12)57(73)50(36(3)4)62-56(72)51(37(5)6)63(10)11)45(75-13)33-47(68)65-30-22-26-44(65)53(77-15)39(8)54(70)61-43(32-41-24-19-18-20-25-41)55(71)59-29-23-31-78-58(74)40(9)60-46(67)27-21-28-48(69)79-35-49(76-14)80-42(17-2)34-66/h18-20,24-25,36-40,42-45,49-53,66H,16-17,21-23,26-35H2,1-15H3,(H,59,71)(H,60,67)(H,61,70)(H,62,72)/t38-,39+,40-,42?,43-,44-,45?,49?,50-,51-,52-,53+/m0/s1. The van der Waals surface area contributed by atoms with Gasteiger partial charge in [-0.15, -0.1) is 0 Å². The fourth-order valence-electron chi connectivity index (χ4n) is 10.1. The van der Waals surface area contributed by atoms with Crippen molar-refractivity contribution < 1.29 is 71.9 Å². The molecule has 22 nitrogen and oxygen atoms in total. The van der Waals surface area contributed by atoms with Crippen LogP contribution in [0.15, 0.2) is 30.3 Å². The molecule has 22 heteroatoms. The predicted molar refractivity (Wildman–Crippen MR) is 301 cm³/mol. The topological polar surface area (TPSA) is 270 Å². The molecule has 0 saturated carbocycles. The number of esters is 2. The summed E-state index contributed by atoms with van der Waals surface area (Å²) in [5.41, 5.74) is 0.802. The number of aliphatic hydroxyl groups excluding tert-OH is 1. The third-order valence-corrected chi connectivity index (χ3v) is 14.9. The van der Waals surface area contributed by atoms with Gasteiger partial charge in [0.1, 0.15) is 24.7 Å². The van der Waals surface area contributed by atoms with Gasteiger partial charge < -0.3 is 64.6 Å². The molecule has 0 spiro atoms. The van der Waals surface area contributed by atoms with Crippen LogP contribution in [0.2, 0.25) is 0 Å². The van der Waals surface area contributed by atoms with Gasteiger partial charge in [-0.3, -0.25) is 38.5 Å². The van der Waals surface area contributed by atoms with Crippen molar-refractivity contribution in [2.75, 3.05) is 75.4 Å². The minimum absolute atomic E-state index is 0.00492. The number of methoxy groups -OCH3 is 3. The van der Waals surface area contributed by atoms with Gasteiger partial charge >= 0.3 is 11.9 Å². The molecule has 6 amide bonds. The van der Waals surface area contributed by atoms with E-state index in [-0.39, 0.29) is 100 Å². The Bertz CT molecular complexity index is 2050. The lowest BCUT2D eigenvalue weighted by Crippen LogP contribution is -2.59. The van der Waals surface area contributed by atoms with Crippen molar-refractivity contribution in [2.24, 2.45) is 23.7 Å². The summed E-state index contributed by atoms with van der Waals surface area (Å²) in [6, 6.07) is 4.97. The number of rotatable bonds is 38. The van der Waals surface area contributed by atoms with Crippen molar-refractivity contribution in [1.82, 2.24) is 36.0 Å². The highest BCUT2D eigenvalue weighted by Gasteiger charge is 2.44. The summed E-state index contributed by atoms with van der Waals surface area (Å²) < 4.78 is 33.3. The summed E-state index contributed by atoms with van der Waals surface area (Å²) in [7, 11) is 9.79. The number of hydrogen-bond donors (Lipinski definition) is 5. The minimum atomic E-state index is -1.000. The van der Waals surface area contributed by atoms with Gasteiger partial charge in [0, 0.05) is 60.7 Å². The van der Waals surface area contributed by atoms with Gasteiger partial charge in [0.25, 0.3) is 0 Å². The lowest BCUT2D eigenvalue weighted by atomic mass is 9.89. The van der Waals surface area contributed by atoms with Crippen molar-refractivity contribution in [1.29, 1.82) is 0 Å². The molecule has 1 saturated heterocycles. The molecule has 80 heavy (non-hydrogen) atoms. The van der Waals surface area contributed by atoms with E-state index in [1.165, 1.54) is 28.3 Å². The first-order chi connectivity index (χ1) is 37.9. The number of likely N-dealkylation sites (tertiary alicyclic amines) is 1. The highest BCUT2D eigenvalue weighted by atomic mass is 16.7. The number of nitrogens with one attached hydrogen (secondary N) is 4. The van der Waals surface area contributed by atoms with E-state index >= 15 is 0 Å². The summed E-state index contributed by atoms with van der Waals surface area (Å²) in [5.74, 6) is -4.48. The van der Waals surface area contributed by atoms with Crippen molar-refractivity contribution in [3.8, 4) is 0 Å². The molecular formula is C58H99N7O15. The molecule has 0 radical (unpaired) electrons. The van der Waals surface area contributed by atoms with E-state index in [9.17, 15) is 43.5 Å². The van der Waals surface area contributed by atoms with Crippen LogP contribution < -0.4 is 21.3 Å². The molecule has 0 aliphatic carbocycles. The second-order valence-corrected chi connectivity index (χ2v) is 21.9. The third kappa shape index (κ3) is 22.9. The molecule has 12 atom stereocenters. The maximum absolute atomic E-state index is 14.5. The molecule has 1 aliphatic rings. The van der Waals surface area contributed by atoms with Crippen LogP contribution in [-0.2, 0) is 73.2 Å². The van der Waals surface area contributed by atoms with Gasteiger partial charge in [-0.2, -0.15) is 0 Å². The zero-order chi connectivity index (χ0) is 60.2. The van der Waals surface area contributed by atoms with E-state index in [1.807, 2.05) is 97.8 Å². The van der Waals surface area contributed by atoms with E-state index < -0.39 is 96.4 Å². The van der Waals surface area contributed by atoms with Crippen LogP contribution in [0.25, 0.3) is 0 Å². The Morgan fingerprint density at radius 3 is 2.01 bits per heavy atom. The summed E-state index contributed by atoms with van der Waals surface area (Å²) in [4.78, 5) is 113. The highest BCUT2D eigenvalue weighted by Crippen LogP contribution is 2.30. The number of nitrogens with zero attached hydrogens (tertiary/aromatic N) is 3. The highest BCUT2D eigenvalue weighted by molar-refractivity contribution is 5.91. The van der Waals surface area contributed by atoms with Gasteiger partial charge in [0.15, 0.2) is 6.29 Å². The van der Waals surface area contributed by atoms with Crippen LogP contribution in [0.4, 0.5) is 0 Å². The molecule has 1 aromatic carbocycles. The number of carbonyl (C=O) groups is 8. The van der Waals surface area contributed by atoms with E-state index in [0.717, 1.165) is 5.56 Å². The van der Waals surface area contributed by atoms with Crippen molar-refractivity contribution >= 4 is 47.4 Å². The fraction of sp³-hybridized carbons (Fsp3) is 0.759. The van der Waals surface area contributed by atoms with Gasteiger partial charge in [-0.1, -0.05) is 92.1 Å². The quantitative estimate of drug-likeness (QED) is 0.0361. The molecule has 0 aromatic heterocycles. The largest absolute Gasteiger partial charge is 0.464 e. The van der Waals surface area contributed by atoms with Crippen LogP contribution in [0, 0.1) is 23.7 Å². The molecule has 1 aliphatic heterocycles. The summed E-state index contributed by atoms with van der Waals surface area (Å²) >= 11 is 0. The Balaban J connectivity index is 2.07. The van der Waals surface area contributed by atoms with Crippen LogP contribution in [-0.4, -0.2) is 203 Å². The molecule has 0 bridgehead atoms. The average molecular weight is 1130 g/mol. The Morgan fingerprint density at radius 2 is 1.45 bits per heavy atom. The monoisotopic (exact) mass is 1130 g/mol. The lowest BCUT2D eigenvalue weighted by molar-refractivity contribution is -0.194. The van der Waals surface area contributed by atoms with E-state index in [1.54, 1.807) is 23.8 Å². The Labute approximate surface area is 476 Å². The van der Waals surface area contributed by atoms with E-state index in [4.69, 9.17) is 28.4 Å². The average Bonchev–Trinajstić information content (AvgIpc) is 3.92. The number of benzene rings is 1. The SMILES string of the molecule is CCC(CO)OC(COC(=O)CCCC(=O)N[C@@H](C)C(=O)OCCCNC(=O)[C@H](Cc1ccccc1)NC(=O)[C@H](C)[C@@H](OC)[C@@H]1CCCN1C(=O)CC(OC)[C@H]([C@@H](C)CC)N(C)C(=O)[C@@H](NC(=O)[C@H](C(C)C)N(C)C)C(C)C)OC. The smallest absolute Gasteiger partial charge is 0.328 e. The zero-order valence-electron chi connectivity index (χ0n) is 50.6. The van der Waals surface area contributed by atoms with E-state index in [2.05, 4.69) is 21.3 Å². The van der Waals surface area contributed by atoms with Crippen molar-refractivity contribution in [3.05, 3.63) is 35.9 Å². The van der Waals surface area contributed by atoms with Gasteiger partial charge in [-0.25, -0.2) is 4.79 Å². The second kappa shape index (κ2) is 37.0. The van der Waals surface area contributed by atoms with Gasteiger partial charge in [-0.05, 0) is 76.4 Å². The summed E-state index contributed by atoms with van der Waals surface area (Å²) in [5, 5.41) is 20.7. The number of amides is 6. The molecule has 1 aromatic rings. The van der Waals surface area contributed by atoms with Crippen LogP contribution in [0.3, 0.4) is 0 Å². The van der Waals surface area contributed by atoms with Crippen LogP contribution in [0.5, 0.6) is 0 Å². The first-order valence-electron chi connectivity index (χ1n) is 28.5. The molecule has 5 N–H and O–H groups in total. The van der Waals surface area contributed by atoms with Gasteiger partial charge in [0.2, 0.25) is 35.4 Å². The minimum Gasteiger partial charge on any atom is -0.464 e. The van der Waals surface area contributed by atoms with Crippen LogP contribution in [0.1, 0.15) is 126 Å². The van der Waals surface area contributed by atoms with E-state index in [0.29, 0.717) is 32.2 Å². The zero-order valence-corrected chi connectivity index (χ0v) is 50.6.